The minimum Gasteiger partial charge on any atom is -0.508 e. The molecule has 124 heavy (non-hydrogen) atoms. The second-order valence-electron chi connectivity index (χ2n) is 31.8. The summed E-state index contributed by atoms with van der Waals surface area (Å²) in [6.07, 6.45) is -7.91. The number of hydrogen-bond acceptors (Lipinski definition) is 24. The van der Waals surface area contributed by atoms with E-state index in [9.17, 15) is 126 Å². The number of benzene rings is 2. The van der Waals surface area contributed by atoms with Gasteiger partial charge in [0.15, 0.2) is 0 Å². The molecule has 0 saturated carbocycles. The van der Waals surface area contributed by atoms with E-state index in [0.717, 1.165) is 19.1 Å². The number of nitrogens with two attached hydrogens (primary N) is 5. The summed E-state index contributed by atoms with van der Waals surface area (Å²) in [6.45, 7) is 18.8. The van der Waals surface area contributed by atoms with Crippen LogP contribution in [-0.4, -0.2) is 240 Å². The Balaban J connectivity index is 2.51. The van der Waals surface area contributed by atoms with Gasteiger partial charge in [-0.25, -0.2) is 0 Å². The predicted octanol–water partition coefficient (Wildman–Crippen LogP) is -5.81. The van der Waals surface area contributed by atoms with Crippen LogP contribution < -0.4 is 103 Å². The van der Waals surface area contributed by atoms with Gasteiger partial charge in [-0.15, -0.1) is 0 Å². The molecule has 0 aromatic heterocycles. The lowest BCUT2D eigenvalue weighted by Gasteiger charge is -2.29. The second-order valence-corrected chi connectivity index (χ2v) is 31.8. The van der Waals surface area contributed by atoms with Crippen LogP contribution in [0.5, 0.6) is 11.5 Å². The zero-order valence-corrected chi connectivity index (χ0v) is 71.3. The summed E-state index contributed by atoms with van der Waals surface area (Å²) in [6, 6.07) is -14.6. The molecule has 0 heterocycles. The lowest BCUT2D eigenvalue weighted by atomic mass is 9.98. The number of primary amides is 4. The lowest BCUT2D eigenvalue weighted by molar-refractivity contribution is -0.142. The Morgan fingerprint density at radius 1 is 0.306 bits per heavy atom. The molecule has 688 valence electrons. The van der Waals surface area contributed by atoms with E-state index >= 15 is 0 Å². The lowest BCUT2D eigenvalue weighted by Crippen LogP contribution is -2.61. The number of phenols is 2. The van der Waals surface area contributed by atoms with E-state index in [-0.39, 0.29) is 54.6 Å². The molecule has 2 rings (SSSR count). The summed E-state index contributed by atoms with van der Waals surface area (Å²) in [5, 5.41) is 82.4. The number of nitrogens with one attached hydrogen (secondary N) is 14. The van der Waals surface area contributed by atoms with E-state index in [0.29, 0.717) is 12.0 Å². The van der Waals surface area contributed by atoms with E-state index in [1.807, 2.05) is 6.92 Å². The number of hydrogen-bond donors (Lipinski definition) is 24. The molecule has 16 atom stereocenters. The molecular formula is C79H121N19O26. The van der Waals surface area contributed by atoms with Crippen molar-refractivity contribution in [3.05, 3.63) is 59.7 Å². The molecule has 45 nitrogen and oxygen atoms in total. The van der Waals surface area contributed by atoms with Gasteiger partial charge in [0.2, 0.25) is 106 Å². The molecule has 0 saturated heterocycles. The molecule has 0 fully saturated rings. The number of rotatable bonds is 56. The summed E-state index contributed by atoms with van der Waals surface area (Å²) in [5.74, 6) is -27.9. The van der Waals surface area contributed by atoms with Crippen molar-refractivity contribution in [1.82, 2.24) is 74.4 Å². The van der Waals surface area contributed by atoms with Crippen molar-refractivity contribution in [3.63, 3.8) is 0 Å². The molecule has 0 bridgehead atoms. The normalized spacial score (nSPS) is 15.0. The number of carbonyl (C=O) groups excluding carboxylic acids is 18. The number of carboxylic acid groups (broad SMARTS) is 3. The zero-order valence-electron chi connectivity index (χ0n) is 71.3. The maximum absolute atomic E-state index is 14.5. The van der Waals surface area contributed by atoms with E-state index in [1.165, 1.54) is 57.2 Å². The Labute approximate surface area is 715 Å². The molecule has 0 unspecified atom stereocenters. The van der Waals surface area contributed by atoms with Gasteiger partial charge in [-0.05, 0) is 111 Å². The van der Waals surface area contributed by atoms with Crippen LogP contribution in [0.15, 0.2) is 48.5 Å². The molecule has 45 heteroatoms. The highest BCUT2D eigenvalue weighted by Gasteiger charge is 2.40. The van der Waals surface area contributed by atoms with E-state index in [4.69, 9.17) is 28.7 Å². The first-order valence-electron chi connectivity index (χ1n) is 40.1. The SMILES string of the molecule is CC[C@H](C)[C@H](N)C(=O)N[C@@H](Cc1ccc(O)cc1)C(=O)N[C@@H](C)C(=O)N[C@@H](CC(C)C)C(=O)N[C@@H](CC(C)C)C(=O)N[C@@H](CCC(=O)O)C(=O)N[C@@H](CC(N)=O)C(=O)N[C@@H](C)C(=O)N[C@@H](CCC(=O)O)C(=O)N[C@@H](CC(=O)O)C(=O)N[C@@H](Cc1ccc(O)cc1)C(=O)N[C@@H](CC(N)=O)C(=O)N[C@@H](CC(C)C)C(=O)N[C@H](C(=O)N[C@@H](CC(N)=O)C(N)=O)C(C)C. The second kappa shape index (κ2) is 52.3. The minimum absolute atomic E-state index is 0.0582. The van der Waals surface area contributed by atoms with Crippen LogP contribution in [0.3, 0.4) is 0 Å². The van der Waals surface area contributed by atoms with Crippen LogP contribution in [0.4, 0.5) is 0 Å². The largest absolute Gasteiger partial charge is 0.508 e. The molecule has 0 aliphatic carbocycles. The summed E-state index contributed by atoms with van der Waals surface area (Å²) in [5.41, 5.74) is 28.4. The van der Waals surface area contributed by atoms with Gasteiger partial charge in [-0.1, -0.05) is 99.9 Å². The third kappa shape index (κ3) is 39.6. The Morgan fingerprint density at radius 2 is 0.573 bits per heavy atom. The number of aromatic hydroxyl groups is 2. The molecular weight excluding hydrogens is 1630 g/mol. The fourth-order valence-electron chi connectivity index (χ4n) is 12.1. The van der Waals surface area contributed by atoms with Gasteiger partial charge >= 0.3 is 17.9 Å². The van der Waals surface area contributed by atoms with E-state index in [2.05, 4.69) is 74.4 Å². The molecule has 0 aliphatic heterocycles. The maximum atomic E-state index is 14.5. The van der Waals surface area contributed by atoms with E-state index < -0.39 is 290 Å². The Morgan fingerprint density at radius 3 is 0.903 bits per heavy atom. The summed E-state index contributed by atoms with van der Waals surface area (Å²) >= 11 is 0. The summed E-state index contributed by atoms with van der Waals surface area (Å²) < 4.78 is 0. The number of phenolic OH excluding ortho intramolecular Hbond substituents is 2. The quantitative estimate of drug-likeness (QED) is 0.0293. The van der Waals surface area contributed by atoms with Crippen molar-refractivity contribution in [1.29, 1.82) is 0 Å². The average molecular weight is 1750 g/mol. The maximum Gasteiger partial charge on any atom is 0.305 e. The minimum atomic E-state index is -2.25. The van der Waals surface area contributed by atoms with Crippen LogP contribution in [-0.2, 0) is 114 Å². The van der Waals surface area contributed by atoms with Crippen molar-refractivity contribution in [2.24, 2.45) is 58.3 Å². The van der Waals surface area contributed by atoms with Gasteiger partial charge in [0.1, 0.15) is 96.1 Å². The molecule has 18 amide bonds. The van der Waals surface area contributed by atoms with Gasteiger partial charge in [0, 0.05) is 25.7 Å². The Kier molecular flexibility index (Phi) is 45.1. The standard InChI is InChI=1S/C79H121N19O26/c1-13-39(10)63(83)78(123)97-52(29-42-14-18-44(99)19-15-42)70(115)85-41(12)67(112)90-49(26-35(2)3)73(118)91-50(27-36(4)5)72(117)88-47(23-25-61(106)107)69(114)94-54(32-58(81)102)71(116)86-40(11)66(111)87-46(22-24-60(104)105)68(113)96-56(34-62(108)109)76(121)93-53(30-43-16-20-45(100)21-17-43)74(119)95-55(33-59(82)103)75(120)92-51(28-37(6)7)77(122)98-64(38(8)9)79(124)89-48(65(84)110)31-57(80)101/h14-21,35-41,46-56,63-64,99-100H,13,22-34,83H2,1-12H3,(H2,80,101)(H2,81,102)(H2,82,103)(H2,84,110)(H,85,115)(H,86,116)(H,87,111)(H,88,117)(H,89,124)(H,90,112)(H,91,118)(H,92,120)(H,93,121)(H,94,114)(H,95,119)(H,96,113)(H,97,123)(H,98,122)(H,104,105)(H,106,107)(H,108,109)/t39-,40-,41-,46-,47-,48-,49-,50-,51-,52-,53-,54-,55-,56-,63-,64-/m0/s1. The molecule has 2 aromatic carbocycles. The van der Waals surface area contributed by atoms with Gasteiger partial charge < -0.3 is 129 Å². The molecule has 0 spiro atoms. The van der Waals surface area contributed by atoms with Crippen LogP contribution in [0.1, 0.15) is 171 Å². The molecule has 0 aliphatic rings. The van der Waals surface area contributed by atoms with Crippen molar-refractivity contribution in [3.8, 4) is 11.5 Å². The van der Waals surface area contributed by atoms with Gasteiger partial charge in [-0.2, -0.15) is 0 Å². The monoisotopic (exact) mass is 1750 g/mol. The number of aliphatic carboxylic acids is 3. The van der Waals surface area contributed by atoms with Crippen molar-refractivity contribution in [2.75, 3.05) is 0 Å². The highest BCUT2D eigenvalue weighted by atomic mass is 16.4. The first-order chi connectivity index (χ1) is 57.7. The number of amides is 18. The zero-order chi connectivity index (χ0) is 94.4. The van der Waals surface area contributed by atoms with Gasteiger partial charge in [-0.3, -0.25) is 101 Å². The van der Waals surface area contributed by atoms with Crippen LogP contribution in [0.25, 0.3) is 0 Å². The van der Waals surface area contributed by atoms with Gasteiger partial charge in [0.25, 0.3) is 0 Å². The number of carboxylic acids is 3. The fourth-order valence-corrected chi connectivity index (χ4v) is 12.1. The van der Waals surface area contributed by atoms with Crippen LogP contribution in [0.2, 0.25) is 0 Å². The third-order valence-corrected chi connectivity index (χ3v) is 19.1. The van der Waals surface area contributed by atoms with E-state index in [1.54, 1.807) is 48.5 Å². The summed E-state index contributed by atoms with van der Waals surface area (Å²) in [7, 11) is 0. The first kappa shape index (κ1) is 107. The topological polar surface area (TPSA) is 758 Å². The average Bonchev–Trinajstić information content (AvgIpc) is 0.847. The summed E-state index contributed by atoms with van der Waals surface area (Å²) in [4.78, 5) is 282. The van der Waals surface area contributed by atoms with Gasteiger partial charge in [0.05, 0.1) is 31.7 Å². The molecule has 0 radical (unpaired) electrons. The van der Waals surface area contributed by atoms with Crippen molar-refractivity contribution < 1.29 is 126 Å². The molecule has 29 N–H and O–H groups in total. The highest BCUT2D eigenvalue weighted by Crippen LogP contribution is 2.18. The number of carbonyl (C=O) groups is 21. The smallest absolute Gasteiger partial charge is 0.305 e. The molecule has 2 aromatic rings. The fraction of sp³-hybridized carbons (Fsp3) is 0.582. The Hall–Kier alpha value is -13.1. The first-order valence-corrected chi connectivity index (χ1v) is 40.1. The third-order valence-electron chi connectivity index (χ3n) is 19.1. The predicted molar refractivity (Wildman–Crippen MR) is 439 cm³/mol. The van der Waals surface area contributed by atoms with Crippen molar-refractivity contribution >= 4 is 124 Å². The highest BCUT2D eigenvalue weighted by molar-refractivity contribution is 6.02. The Bertz CT molecular complexity index is 4130. The van der Waals surface area contributed by atoms with Crippen LogP contribution >= 0.6 is 0 Å². The van der Waals surface area contributed by atoms with Crippen molar-refractivity contribution in [2.45, 2.75) is 264 Å². The van der Waals surface area contributed by atoms with Crippen LogP contribution in [0, 0.1) is 29.6 Å².